The molecule has 2 aromatic rings. The van der Waals surface area contributed by atoms with E-state index in [0.29, 0.717) is 6.42 Å². The molecule has 2 rings (SSSR count). The fraction of sp³-hybridized carbons (Fsp3) is 0.316. The van der Waals surface area contributed by atoms with E-state index >= 15 is 0 Å². The second kappa shape index (κ2) is 8.82. The van der Waals surface area contributed by atoms with E-state index in [1.54, 1.807) is 0 Å². The molecule has 0 spiro atoms. The van der Waals surface area contributed by atoms with Crippen LogP contribution in [0.25, 0.3) is 10.8 Å². The van der Waals surface area contributed by atoms with E-state index in [-0.39, 0.29) is 30.9 Å². The zero-order valence-electron chi connectivity index (χ0n) is 14.5. The minimum absolute atomic E-state index is 0.0547. The van der Waals surface area contributed by atoms with Crippen LogP contribution in [-0.4, -0.2) is 36.9 Å². The van der Waals surface area contributed by atoms with Crippen LogP contribution < -0.4 is 16.0 Å². The Morgan fingerprint density at radius 2 is 1.60 bits per heavy atom. The van der Waals surface area contributed by atoms with Gasteiger partial charge in [0.15, 0.2) is 0 Å². The number of carbonyl (C=O) groups excluding carboxylic acids is 3. The summed E-state index contributed by atoms with van der Waals surface area (Å²) in [5.74, 6) is -0.944. The van der Waals surface area contributed by atoms with Crippen LogP contribution in [0.2, 0.25) is 0 Å². The lowest BCUT2D eigenvalue weighted by molar-refractivity contribution is -0.127. The molecule has 132 valence electrons. The van der Waals surface area contributed by atoms with Gasteiger partial charge >= 0.3 is 0 Å². The second-order valence-corrected chi connectivity index (χ2v) is 6.04. The van der Waals surface area contributed by atoms with Crippen molar-refractivity contribution in [3.05, 3.63) is 48.0 Å². The van der Waals surface area contributed by atoms with E-state index < -0.39 is 5.91 Å². The van der Waals surface area contributed by atoms with Crippen molar-refractivity contribution in [3.8, 4) is 0 Å². The average molecular weight is 341 g/mol. The van der Waals surface area contributed by atoms with E-state index in [9.17, 15) is 14.4 Å². The van der Waals surface area contributed by atoms with Crippen molar-refractivity contribution in [2.24, 2.45) is 0 Å². The topological polar surface area (TPSA) is 87.3 Å². The molecule has 0 unspecified atom stereocenters. The maximum Gasteiger partial charge on any atom is 0.239 e. The predicted octanol–water partition coefficient (Wildman–Crippen LogP) is 1.14. The highest BCUT2D eigenvalue weighted by molar-refractivity contribution is 5.87. The fourth-order valence-electron chi connectivity index (χ4n) is 2.54. The van der Waals surface area contributed by atoms with Gasteiger partial charge in [-0.15, -0.1) is 0 Å². The van der Waals surface area contributed by atoms with Crippen LogP contribution in [0.4, 0.5) is 0 Å². The molecule has 0 bridgehead atoms. The summed E-state index contributed by atoms with van der Waals surface area (Å²) >= 11 is 0. The van der Waals surface area contributed by atoms with Gasteiger partial charge in [-0.2, -0.15) is 0 Å². The number of nitrogens with one attached hydrogen (secondary N) is 3. The van der Waals surface area contributed by atoms with Crippen molar-refractivity contribution < 1.29 is 14.4 Å². The number of carbonyl (C=O) groups is 3. The minimum atomic E-state index is -0.396. The predicted molar refractivity (Wildman–Crippen MR) is 97.0 cm³/mol. The van der Waals surface area contributed by atoms with Gasteiger partial charge in [-0.1, -0.05) is 42.5 Å². The Kier molecular flexibility index (Phi) is 6.51. The van der Waals surface area contributed by atoms with Gasteiger partial charge in [-0.05, 0) is 29.7 Å². The van der Waals surface area contributed by atoms with Crippen molar-refractivity contribution in [2.75, 3.05) is 13.1 Å². The normalized spacial score (nSPS) is 11.6. The summed E-state index contributed by atoms with van der Waals surface area (Å²) in [6.07, 6.45) is 0.705. The van der Waals surface area contributed by atoms with E-state index in [2.05, 4.69) is 46.3 Å². The molecule has 3 N–H and O–H groups in total. The highest BCUT2D eigenvalue weighted by Gasteiger charge is 2.10. The van der Waals surface area contributed by atoms with Crippen molar-refractivity contribution in [3.63, 3.8) is 0 Å². The van der Waals surface area contributed by atoms with Crippen LogP contribution in [0.3, 0.4) is 0 Å². The monoisotopic (exact) mass is 341 g/mol. The summed E-state index contributed by atoms with van der Waals surface area (Å²) in [7, 11) is 0. The summed E-state index contributed by atoms with van der Waals surface area (Å²) < 4.78 is 0. The molecule has 0 heterocycles. The molecule has 0 aliphatic carbocycles. The third-order valence-electron chi connectivity index (χ3n) is 3.71. The molecule has 0 saturated carbocycles. The van der Waals surface area contributed by atoms with Gasteiger partial charge in [0.1, 0.15) is 0 Å². The number of hydrogen-bond donors (Lipinski definition) is 3. The summed E-state index contributed by atoms with van der Waals surface area (Å²) in [6.45, 7) is 3.01. The first-order chi connectivity index (χ1) is 11.9. The lowest BCUT2D eigenvalue weighted by Gasteiger charge is -2.15. The van der Waals surface area contributed by atoms with Crippen molar-refractivity contribution in [1.82, 2.24) is 16.0 Å². The Labute approximate surface area is 147 Å². The van der Waals surface area contributed by atoms with Gasteiger partial charge in [0.05, 0.1) is 13.1 Å². The van der Waals surface area contributed by atoms with Crippen LogP contribution in [0.5, 0.6) is 0 Å². The standard InChI is InChI=1S/C19H23N3O3/c1-13(22-19(25)12-21-18(24)11-20-14(2)23)9-15-7-8-16-5-3-4-6-17(16)10-15/h3-8,10,13H,9,11-12H2,1-2H3,(H,20,23)(H,21,24)(H,22,25)/t13-/m0/s1. The first kappa shape index (κ1) is 18.4. The SMILES string of the molecule is CC(=O)NCC(=O)NCC(=O)N[C@@H](C)Cc1ccc2ccccc2c1. The van der Waals surface area contributed by atoms with Crippen LogP contribution >= 0.6 is 0 Å². The van der Waals surface area contributed by atoms with Crippen LogP contribution in [0.1, 0.15) is 19.4 Å². The number of benzene rings is 2. The maximum atomic E-state index is 11.9. The molecular weight excluding hydrogens is 318 g/mol. The number of hydrogen-bond acceptors (Lipinski definition) is 3. The summed E-state index contributed by atoms with van der Waals surface area (Å²) in [6, 6.07) is 14.3. The van der Waals surface area contributed by atoms with Gasteiger partial charge in [0, 0.05) is 13.0 Å². The van der Waals surface area contributed by atoms with E-state index in [0.717, 1.165) is 5.56 Å². The summed E-state index contributed by atoms with van der Waals surface area (Å²) in [5, 5.41) is 10.1. The molecule has 0 aliphatic rings. The van der Waals surface area contributed by atoms with Crippen LogP contribution in [0, 0.1) is 0 Å². The zero-order chi connectivity index (χ0) is 18.2. The molecule has 25 heavy (non-hydrogen) atoms. The summed E-state index contributed by atoms with van der Waals surface area (Å²) in [4.78, 5) is 34.0. The first-order valence-corrected chi connectivity index (χ1v) is 8.22. The van der Waals surface area contributed by atoms with Crippen molar-refractivity contribution >= 4 is 28.5 Å². The molecule has 6 heteroatoms. The lowest BCUT2D eigenvalue weighted by Crippen LogP contribution is -2.44. The highest BCUT2D eigenvalue weighted by atomic mass is 16.2. The first-order valence-electron chi connectivity index (χ1n) is 8.22. The van der Waals surface area contributed by atoms with Crippen molar-refractivity contribution in [2.45, 2.75) is 26.3 Å². The Morgan fingerprint density at radius 1 is 0.920 bits per heavy atom. The molecule has 0 radical (unpaired) electrons. The highest BCUT2D eigenvalue weighted by Crippen LogP contribution is 2.16. The van der Waals surface area contributed by atoms with E-state index in [4.69, 9.17) is 0 Å². The molecule has 0 saturated heterocycles. The lowest BCUT2D eigenvalue weighted by atomic mass is 10.0. The van der Waals surface area contributed by atoms with Gasteiger partial charge in [-0.3, -0.25) is 14.4 Å². The minimum Gasteiger partial charge on any atom is -0.352 e. The van der Waals surface area contributed by atoms with E-state index in [1.807, 2.05) is 19.1 Å². The third-order valence-corrected chi connectivity index (χ3v) is 3.71. The second-order valence-electron chi connectivity index (χ2n) is 6.04. The number of amides is 3. The molecule has 0 fully saturated rings. The third kappa shape index (κ3) is 6.25. The molecule has 0 aromatic heterocycles. The van der Waals surface area contributed by atoms with Crippen LogP contribution in [0.15, 0.2) is 42.5 Å². The van der Waals surface area contributed by atoms with E-state index in [1.165, 1.54) is 17.7 Å². The molecule has 1 atom stereocenters. The summed E-state index contributed by atoms with van der Waals surface area (Å²) in [5.41, 5.74) is 1.14. The van der Waals surface area contributed by atoms with Gasteiger partial charge in [0.25, 0.3) is 0 Å². The molecule has 3 amide bonds. The quantitative estimate of drug-likeness (QED) is 0.706. The molecule has 2 aromatic carbocycles. The Bertz CT molecular complexity index is 773. The number of fused-ring (bicyclic) bond motifs is 1. The van der Waals surface area contributed by atoms with Crippen LogP contribution in [-0.2, 0) is 20.8 Å². The van der Waals surface area contributed by atoms with Gasteiger partial charge in [0.2, 0.25) is 17.7 Å². The number of rotatable bonds is 7. The smallest absolute Gasteiger partial charge is 0.239 e. The Morgan fingerprint density at radius 3 is 2.32 bits per heavy atom. The molecule has 0 aliphatic heterocycles. The maximum absolute atomic E-state index is 11.9. The zero-order valence-corrected chi connectivity index (χ0v) is 14.5. The largest absolute Gasteiger partial charge is 0.352 e. The molecular formula is C19H23N3O3. The molecule has 6 nitrogen and oxygen atoms in total. The van der Waals surface area contributed by atoms with Crippen molar-refractivity contribution in [1.29, 1.82) is 0 Å². The Hall–Kier alpha value is -2.89. The average Bonchev–Trinajstić information content (AvgIpc) is 2.58. The Balaban J connectivity index is 1.78. The van der Waals surface area contributed by atoms with Gasteiger partial charge in [-0.25, -0.2) is 0 Å². The fourth-order valence-corrected chi connectivity index (χ4v) is 2.54. The van der Waals surface area contributed by atoms with Gasteiger partial charge < -0.3 is 16.0 Å².